The molecule has 0 radical (unpaired) electrons. The van der Waals surface area contributed by atoms with E-state index in [1.807, 2.05) is 42.5 Å². The van der Waals surface area contributed by atoms with Crippen LogP contribution >= 0.6 is 0 Å². The Morgan fingerprint density at radius 3 is 2.32 bits per heavy atom. The number of unbranched alkanes of at least 4 members (excludes halogenated alkanes) is 2. The maximum Gasteiger partial charge on any atom is 0.333 e. The monoisotopic (exact) mass is 514 g/mol. The van der Waals surface area contributed by atoms with E-state index in [2.05, 4.69) is 12.2 Å². The van der Waals surface area contributed by atoms with Gasteiger partial charge in [0.25, 0.3) is 0 Å². The summed E-state index contributed by atoms with van der Waals surface area (Å²) in [4.78, 5) is 25.9. The average molecular weight is 515 g/mol. The molecule has 0 aromatic heterocycles. The van der Waals surface area contributed by atoms with Crippen LogP contribution in [0.25, 0.3) is 0 Å². The zero-order valence-corrected chi connectivity index (χ0v) is 22.2. The fraction of sp³-hybridized carbons (Fsp3) is 0.517. The van der Waals surface area contributed by atoms with E-state index >= 15 is 0 Å². The summed E-state index contributed by atoms with van der Waals surface area (Å²) >= 11 is 0. The van der Waals surface area contributed by atoms with Crippen molar-refractivity contribution in [1.29, 1.82) is 0 Å². The number of carboxylic acid groups (broad SMARTS) is 1. The third-order valence-electron chi connectivity index (χ3n) is 5.84. The topological polar surface area (TPSA) is 97.3 Å². The number of hydrogen-bond acceptors (Lipinski definition) is 5. The van der Waals surface area contributed by atoms with E-state index in [0.717, 1.165) is 31.2 Å². The second-order valence-corrected chi connectivity index (χ2v) is 8.75. The minimum Gasteiger partial charge on any atom is -0.492 e. The van der Waals surface area contributed by atoms with Crippen molar-refractivity contribution in [3.05, 3.63) is 65.7 Å². The number of amides is 2. The van der Waals surface area contributed by atoms with E-state index in [1.54, 1.807) is 24.0 Å². The van der Waals surface area contributed by atoms with Crippen molar-refractivity contribution in [3.63, 3.8) is 0 Å². The fourth-order valence-corrected chi connectivity index (χ4v) is 3.74. The summed E-state index contributed by atoms with van der Waals surface area (Å²) in [5.41, 5.74) is 2.03. The van der Waals surface area contributed by atoms with Crippen molar-refractivity contribution in [2.24, 2.45) is 0 Å². The molecule has 8 heteroatoms. The number of carboxylic acids is 1. The third kappa shape index (κ3) is 12.6. The van der Waals surface area contributed by atoms with E-state index in [1.165, 1.54) is 5.56 Å². The number of nitrogens with zero attached hydrogens (tertiary/aromatic N) is 1. The molecule has 2 amide bonds. The Hall–Kier alpha value is -3.10. The lowest BCUT2D eigenvalue weighted by atomic mass is 10.1. The highest BCUT2D eigenvalue weighted by atomic mass is 16.5. The van der Waals surface area contributed by atoms with Crippen LogP contribution in [0.5, 0.6) is 5.75 Å². The van der Waals surface area contributed by atoms with Crippen molar-refractivity contribution in [2.45, 2.75) is 52.1 Å². The van der Waals surface area contributed by atoms with Gasteiger partial charge >= 0.3 is 12.0 Å². The number of aliphatic carboxylic acids is 1. The summed E-state index contributed by atoms with van der Waals surface area (Å²) in [5, 5.41) is 12.3. The van der Waals surface area contributed by atoms with Gasteiger partial charge in [-0.1, -0.05) is 62.2 Å². The van der Waals surface area contributed by atoms with Crippen molar-refractivity contribution in [3.8, 4) is 5.75 Å². The summed E-state index contributed by atoms with van der Waals surface area (Å²) in [6, 6.07) is 17.2. The Morgan fingerprint density at radius 2 is 1.65 bits per heavy atom. The first-order valence-corrected chi connectivity index (χ1v) is 13.2. The van der Waals surface area contributed by atoms with Gasteiger partial charge < -0.3 is 29.5 Å². The molecule has 2 N–H and O–H groups in total. The molecule has 0 aliphatic heterocycles. The Labute approximate surface area is 220 Å². The zero-order chi connectivity index (χ0) is 26.7. The number of hydrogen-bond donors (Lipinski definition) is 2. The van der Waals surface area contributed by atoms with E-state index in [0.29, 0.717) is 58.2 Å². The minimum absolute atomic E-state index is 0.136. The first kappa shape index (κ1) is 30.1. The molecule has 0 spiro atoms. The molecular weight excluding hydrogens is 472 g/mol. The number of nitrogens with one attached hydrogen (secondary N) is 1. The Morgan fingerprint density at radius 1 is 0.919 bits per heavy atom. The molecular formula is C29H42N2O6. The normalized spacial score (nSPS) is 11.6. The first-order chi connectivity index (χ1) is 18.0. The fourth-order valence-electron chi connectivity index (χ4n) is 3.74. The standard InChI is InChI=1S/C29H42N2O6/c1-3-5-9-20-35-21-18-31(29(34)30-17-16-24-10-7-6-8-11-24)19-22-37-26-14-12-25(13-15-26)23-27(28(32)33)36-4-2/h6-8,10-15,27H,3-5,9,16-23H2,1-2H3,(H,30,34)(H,32,33). The van der Waals surface area contributed by atoms with Gasteiger partial charge in [-0.15, -0.1) is 0 Å². The van der Waals surface area contributed by atoms with Crippen LogP contribution in [0, 0.1) is 0 Å². The van der Waals surface area contributed by atoms with Gasteiger partial charge in [0, 0.05) is 32.7 Å². The average Bonchev–Trinajstić information content (AvgIpc) is 2.90. The van der Waals surface area contributed by atoms with Crippen molar-refractivity contribution >= 4 is 12.0 Å². The molecule has 0 bridgehead atoms. The lowest BCUT2D eigenvalue weighted by molar-refractivity contribution is -0.149. The molecule has 1 unspecified atom stereocenters. The van der Waals surface area contributed by atoms with Crippen LogP contribution in [0.4, 0.5) is 4.79 Å². The van der Waals surface area contributed by atoms with Gasteiger partial charge in [-0.05, 0) is 43.0 Å². The molecule has 0 aliphatic rings. The first-order valence-electron chi connectivity index (χ1n) is 13.2. The molecule has 2 aromatic rings. The lowest BCUT2D eigenvalue weighted by Crippen LogP contribution is -2.44. The highest BCUT2D eigenvalue weighted by Crippen LogP contribution is 2.15. The number of rotatable bonds is 19. The molecule has 204 valence electrons. The van der Waals surface area contributed by atoms with Gasteiger partial charge in [0.15, 0.2) is 6.10 Å². The van der Waals surface area contributed by atoms with Crippen molar-refractivity contribution in [2.75, 3.05) is 46.1 Å². The third-order valence-corrected chi connectivity index (χ3v) is 5.84. The van der Waals surface area contributed by atoms with Gasteiger partial charge in [0.2, 0.25) is 0 Å². The van der Waals surface area contributed by atoms with Gasteiger partial charge in [0.1, 0.15) is 12.4 Å². The van der Waals surface area contributed by atoms with Crippen LogP contribution in [0.1, 0.15) is 44.2 Å². The Balaban J connectivity index is 1.82. The largest absolute Gasteiger partial charge is 0.492 e. The molecule has 8 nitrogen and oxygen atoms in total. The predicted molar refractivity (Wildman–Crippen MR) is 144 cm³/mol. The van der Waals surface area contributed by atoms with Crippen molar-refractivity contribution < 1.29 is 28.9 Å². The second-order valence-electron chi connectivity index (χ2n) is 8.75. The van der Waals surface area contributed by atoms with E-state index in [9.17, 15) is 14.7 Å². The number of carbonyl (C=O) groups is 2. The molecule has 0 saturated carbocycles. The Bertz CT molecular complexity index is 891. The molecule has 2 rings (SSSR count). The van der Waals surface area contributed by atoms with Gasteiger partial charge in [-0.3, -0.25) is 0 Å². The predicted octanol–water partition coefficient (Wildman–Crippen LogP) is 4.56. The van der Waals surface area contributed by atoms with Crippen LogP contribution in [0.2, 0.25) is 0 Å². The highest BCUT2D eigenvalue weighted by molar-refractivity contribution is 5.74. The summed E-state index contributed by atoms with van der Waals surface area (Å²) < 4.78 is 16.9. The Kier molecular flexibility index (Phi) is 14.8. The molecule has 0 aliphatic carbocycles. The SMILES string of the molecule is CCCCCOCCN(CCOc1ccc(CC(OCC)C(=O)O)cc1)C(=O)NCCc1ccccc1. The quantitative estimate of drug-likeness (QED) is 0.267. The second kappa shape index (κ2) is 18.2. The van der Waals surface area contributed by atoms with Crippen LogP contribution in [0.3, 0.4) is 0 Å². The van der Waals surface area contributed by atoms with Gasteiger partial charge in [0.05, 0.1) is 13.2 Å². The van der Waals surface area contributed by atoms with Crippen LogP contribution in [-0.2, 0) is 27.1 Å². The minimum atomic E-state index is -0.973. The summed E-state index contributed by atoms with van der Waals surface area (Å²) in [6.07, 6.45) is 3.50. The number of carbonyl (C=O) groups excluding carboxylic acids is 1. The molecule has 1 atom stereocenters. The van der Waals surface area contributed by atoms with Crippen LogP contribution in [-0.4, -0.2) is 74.2 Å². The summed E-state index contributed by atoms with van der Waals surface area (Å²) in [7, 11) is 0. The number of ether oxygens (including phenoxy) is 3. The summed E-state index contributed by atoms with van der Waals surface area (Å²) in [5.74, 6) is -0.314. The molecule has 0 heterocycles. The zero-order valence-electron chi connectivity index (χ0n) is 22.2. The molecule has 2 aromatic carbocycles. The number of urea groups is 1. The van der Waals surface area contributed by atoms with E-state index in [-0.39, 0.29) is 6.03 Å². The lowest BCUT2D eigenvalue weighted by Gasteiger charge is -2.23. The van der Waals surface area contributed by atoms with Crippen LogP contribution < -0.4 is 10.1 Å². The highest BCUT2D eigenvalue weighted by Gasteiger charge is 2.18. The molecule has 0 saturated heterocycles. The molecule has 0 fully saturated rings. The number of benzene rings is 2. The summed E-state index contributed by atoms with van der Waals surface area (Å²) in [6.45, 7) is 7.25. The smallest absolute Gasteiger partial charge is 0.333 e. The van der Waals surface area contributed by atoms with Crippen LogP contribution in [0.15, 0.2) is 54.6 Å². The van der Waals surface area contributed by atoms with E-state index < -0.39 is 12.1 Å². The van der Waals surface area contributed by atoms with E-state index in [4.69, 9.17) is 14.2 Å². The molecule has 37 heavy (non-hydrogen) atoms. The van der Waals surface area contributed by atoms with Gasteiger partial charge in [-0.25, -0.2) is 9.59 Å². The maximum absolute atomic E-state index is 12.8. The maximum atomic E-state index is 12.8. The van der Waals surface area contributed by atoms with Gasteiger partial charge in [-0.2, -0.15) is 0 Å². The van der Waals surface area contributed by atoms with Crippen molar-refractivity contribution in [1.82, 2.24) is 10.2 Å².